The van der Waals surface area contributed by atoms with Crippen LogP contribution in [0.4, 0.5) is 22.8 Å². The molecule has 1 saturated carbocycles. The number of aliphatic hydroxyl groups is 1. The van der Waals surface area contributed by atoms with E-state index in [1.165, 1.54) is 44.2 Å². The normalized spacial score (nSPS) is 16.4. The van der Waals surface area contributed by atoms with Crippen molar-refractivity contribution in [2.45, 2.75) is 141 Å². The van der Waals surface area contributed by atoms with Crippen LogP contribution < -0.4 is 29.6 Å². The van der Waals surface area contributed by atoms with Gasteiger partial charge in [-0.1, -0.05) is 37.0 Å². The number of carbonyl (C=O) groups is 2. The Kier molecular flexibility index (Phi) is 35.2. The van der Waals surface area contributed by atoms with E-state index in [-0.39, 0.29) is 93.3 Å². The molecular weight excluding hydrogens is 889 g/mol. The summed E-state index contributed by atoms with van der Waals surface area (Å²) in [6, 6.07) is 6.34. The van der Waals surface area contributed by atoms with Gasteiger partial charge in [0, 0.05) is 26.2 Å². The molecule has 1 aromatic carbocycles. The summed E-state index contributed by atoms with van der Waals surface area (Å²) in [4.78, 5) is 26.9. The quantitative estimate of drug-likeness (QED) is 0.113. The Hall–Kier alpha value is -1.78. The van der Waals surface area contributed by atoms with Gasteiger partial charge in [0.2, 0.25) is 0 Å². The molecule has 0 spiro atoms. The van der Waals surface area contributed by atoms with Crippen molar-refractivity contribution in [2.24, 2.45) is 0 Å². The maximum atomic E-state index is 11.9. The summed E-state index contributed by atoms with van der Waals surface area (Å²) in [6.45, 7) is 16.3. The average Bonchev–Trinajstić information content (AvgIpc) is 3.24. The summed E-state index contributed by atoms with van der Waals surface area (Å²) in [6.07, 6.45) is 8.96. The number of hydrogen-bond donors (Lipinski definition) is 1. The van der Waals surface area contributed by atoms with Crippen molar-refractivity contribution in [3.63, 3.8) is 0 Å². The van der Waals surface area contributed by atoms with E-state index in [9.17, 15) is 36.3 Å². The monoisotopic (exact) mass is 969 g/mol. The van der Waals surface area contributed by atoms with Crippen molar-refractivity contribution in [2.75, 3.05) is 106 Å². The smallest absolute Gasteiger partial charge is 1.00 e. The van der Waals surface area contributed by atoms with Crippen LogP contribution in [0.3, 0.4) is 0 Å². The fourth-order valence-corrected chi connectivity index (χ4v) is 7.02. The Morgan fingerprint density at radius 1 is 0.615 bits per heavy atom. The van der Waals surface area contributed by atoms with Gasteiger partial charge in [0.05, 0.1) is 82.7 Å². The zero-order chi connectivity index (χ0) is 47.9. The fourth-order valence-electron chi connectivity index (χ4n) is 6.13. The molecule has 2 saturated heterocycles. The van der Waals surface area contributed by atoms with Crippen molar-refractivity contribution in [3.8, 4) is 0 Å². The summed E-state index contributed by atoms with van der Waals surface area (Å²) in [5, 5.41) is 9.26. The first kappa shape index (κ1) is 63.2. The molecule has 2 amide bonds. The number of halogens is 3. The molecular formula is C45H80F3N2NaO13S. The Bertz CT molecular complexity index is 1460. The number of hydrogen-bond acceptors (Lipinski definition) is 13. The zero-order valence-corrected chi connectivity index (χ0v) is 43.3. The van der Waals surface area contributed by atoms with Crippen LogP contribution in [0.25, 0.3) is 0 Å². The Morgan fingerprint density at radius 3 is 1.40 bits per heavy atom. The number of amides is 2. The third-order valence-electron chi connectivity index (χ3n) is 9.36. The summed E-state index contributed by atoms with van der Waals surface area (Å²) < 4.78 is 99.6. The van der Waals surface area contributed by atoms with Gasteiger partial charge in [-0.25, -0.2) is 22.8 Å². The molecule has 1 N–H and O–H groups in total. The van der Waals surface area contributed by atoms with Gasteiger partial charge in [0.1, 0.15) is 31.2 Å². The topological polar surface area (TPSA) is 169 Å². The minimum Gasteiger partial charge on any atom is -1.00 e. The number of ether oxygens (including phenoxy) is 7. The first-order chi connectivity index (χ1) is 30.3. The van der Waals surface area contributed by atoms with Crippen LogP contribution in [0.15, 0.2) is 29.2 Å². The van der Waals surface area contributed by atoms with Gasteiger partial charge in [0.25, 0.3) is 10.1 Å². The molecule has 0 aromatic heterocycles. The number of rotatable bonds is 19. The third kappa shape index (κ3) is 33.4. The summed E-state index contributed by atoms with van der Waals surface area (Å²) >= 11 is 0. The molecule has 3 aliphatic rings. The maximum Gasteiger partial charge on any atom is 1.00 e. The van der Waals surface area contributed by atoms with E-state index in [4.69, 9.17) is 37.3 Å². The van der Waals surface area contributed by atoms with Crippen LogP contribution in [0, 0.1) is 6.92 Å². The van der Waals surface area contributed by atoms with Crippen LogP contribution in [0.1, 0.15) is 106 Å². The van der Waals surface area contributed by atoms with Crippen molar-refractivity contribution >= 4 is 22.3 Å². The first-order valence-electron chi connectivity index (χ1n) is 22.5. The van der Waals surface area contributed by atoms with Gasteiger partial charge in [-0.05, 0) is 99.1 Å². The van der Waals surface area contributed by atoms with Crippen LogP contribution in [0.5, 0.6) is 0 Å². The van der Waals surface area contributed by atoms with Crippen LogP contribution in [0.2, 0.25) is 0 Å². The standard InChI is InChI=1S/C14H26FNO4.C11H15FO4S.C10H19FO2.C10H19NO3.Na.H/c1-14(2,3)20-13(17)16-7-4-12(5-8-16)19-11-10-18-9-6-15;1-10-2-4-11(5-3-10)17(13,14)16-9-8-15-7-6-12;11-6-7-12-8-9-13-10-4-2-1-3-5-10;1-10(2,3)14-9(13)11-6-4-8(12)5-7-11;;/h12H,4-11H2,1-3H3;2-5H,6-9H2,1H3;10H,1-9H2;8,12H,4-7H2,1-3H3;;/q;;;;+1;-1. The number of alkyl halides is 3. The van der Waals surface area contributed by atoms with E-state index in [0.717, 1.165) is 18.4 Å². The van der Waals surface area contributed by atoms with Crippen molar-refractivity contribution in [3.05, 3.63) is 29.8 Å². The van der Waals surface area contributed by atoms with E-state index in [1.807, 2.05) is 48.5 Å². The van der Waals surface area contributed by atoms with Crippen molar-refractivity contribution in [1.82, 2.24) is 9.80 Å². The molecule has 15 nitrogen and oxygen atoms in total. The Morgan fingerprint density at radius 2 is 1.00 bits per heavy atom. The van der Waals surface area contributed by atoms with Gasteiger partial charge < -0.3 is 49.5 Å². The Balaban J connectivity index is 0. The molecule has 0 bridgehead atoms. The van der Waals surface area contributed by atoms with Gasteiger partial charge >= 0.3 is 41.7 Å². The van der Waals surface area contributed by atoms with Crippen LogP contribution >= 0.6 is 0 Å². The van der Waals surface area contributed by atoms with E-state index in [1.54, 1.807) is 21.9 Å². The second-order valence-corrected chi connectivity index (χ2v) is 19.0. The maximum absolute atomic E-state index is 11.9. The molecule has 2 heterocycles. The van der Waals surface area contributed by atoms with Crippen LogP contribution in [-0.4, -0.2) is 171 Å². The average molecular weight is 969 g/mol. The molecule has 2 aliphatic heterocycles. The number of nitrogens with zero attached hydrogens (tertiary/aromatic N) is 2. The van der Waals surface area contributed by atoms with Crippen molar-refractivity contribution in [1.29, 1.82) is 0 Å². The fraction of sp³-hybridized carbons (Fsp3) is 0.822. The zero-order valence-electron chi connectivity index (χ0n) is 41.5. The molecule has 65 heavy (non-hydrogen) atoms. The van der Waals surface area contributed by atoms with E-state index >= 15 is 0 Å². The second kappa shape index (κ2) is 36.2. The van der Waals surface area contributed by atoms with E-state index < -0.39 is 41.3 Å². The predicted molar refractivity (Wildman–Crippen MR) is 238 cm³/mol. The number of benzene rings is 1. The van der Waals surface area contributed by atoms with Crippen molar-refractivity contribution < 1.29 is 105 Å². The summed E-state index contributed by atoms with van der Waals surface area (Å²) in [7, 11) is -3.74. The van der Waals surface area contributed by atoms with Gasteiger partial charge in [-0.2, -0.15) is 8.42 Å². The number of aliphatic hydroxyl groups excluding tert-OH is 1. The molecule has 0 atom stereocenters. The van der Waals surface area contributed by atoms with Crippen LogP contribution in [-0.2, 0) is 47.5 Å². The number of aryl methyl sites for hydroxylation is 1. The molecule has 0 unspecified atom stereocenters. The van der Waals surface area contributed by atoms with Gasteiger partial charge in [0.15, 0.2) is 0 Å². The Labute approximate surface area is 410 Å². The molecule has 20 heteroatoms. The molecule has 4 rings (SSSR count). The minimum absolute atomic E-state index is 0. The number of piperidine rings is 2. The number of likely N-dealkylation sites (tertiary alicyclic amines) is 2. The number of carbonyl (C=O) groups excluding carboxylic acids is 2. The first-order valence-corrected chi connectivity index (χ1v) is 23.9. The largest absolute Gasteiger partial charge is 1.00 e. The van der Waals surface area contributed by atoms with E-state index in [2.05, 4.69) is 0 Å². The minimum atomic E-state index is -3.74. The van der Waals surface area contributed by atoms with E-state index in [0.29, 0.717) is 71.6 Å². The predicted octanol–water partition coefficient (Wildman–Crippen LogP) is 4.89. The second-order valence-electron chi connectivity index (χ2n) is 17.4. The van der Waals surface area contributed by atoms with Gasteiger partial charge in [-0.3, -0.25) is 4.18 Å². The molecule has 1 aliphatic carbocycles. The molecule has 1 aromatic rings. The summed E-state index contributed by atoms with van der Waals surface area (Å²) in [5.41, 5.74) is 0.0703. The molecule has 3 fully saturated rings. The molecule has 0 radical (unpaired) electrons. The third-order valence-corrected chi connectivity index (χ3v) is 10.7. The van der Waals surface area contributed by atoms with Gasteiger partial charge in [-0.15, -0.1) is 0 Å². The molecule has 376 valence electrons. The SMILES string of the molecule is CC(C)(C)OC(=O)N1CCC(O)CC1.CC(C)(C)OC(=O)N1CCC(OCCOCCF)CC1.Cc1ccc(S(=O)(=O)OCCOCCF)cc1.FCCOCCOC1CCCCC1.[H-].[Na+]. The summed E-state index contributed by atoms with van der Waals surface area (Å²) in [5.74, 6) is 0.